The predicted octanol–water partition coefficient (Wildman–Crippen LogP) is 3.15. The van der Waals surface area contributed by atoms with Gasteiger partial charge in [0.05, 0.1) is 11.0 Å². The molecule has 110 valence electrons. The van der Waals surface area contributed by atoms with E-state index in [1.54, 1.807) is 0 Å². The Labute approximate surface area is 116 Å². The molecule has 2 rings (SSSR count). The molecule has 0 radical (unpaired) electrons. The third kappa shape index (κ3) is 2.96. The van der Waals surface area contributed by atoms with Gasteiger partial charge in [0.15, 0.2) is 0 Å². The van der Waals surface area contributed by atoms with Crippen LogP contribution in [-0.2, 0) is 9.53 Å². The normalized spacial score (nSPS) is 33.2. The molecule has 2 fully saturated rings. The number of hydrogen-bond donors (Lipinski definition) is 1. The van der Waals surface area contributed by atoms with Crippen LogP contribution < -0.4 is 0 Å². The predicted molar refractivity (Wildman–Crippen MR) is 74.6 cm³/mol. The molecule has 0 aromatic heterocycles. The molecule has 4 unspecified atom stereocenters. The van der Waals surface area contributed by atoms with Gasteiger partial charge in [0.2, 0.25) is 0 Å². The molecule has 3 heteroatoms. The third-order valence-corrected chi connectivity index (χ3v) is 5.47. The SMILES string of the molecule is CCC(C)(C)C(=O)OCC(C)(O)C1CC2CCC1C2. The lowest BCUT2D eigenvalue weighted by molar-refractivity contribution is -0.165. The van der Waals surface area contributed by atoms with E-state index in [0.29, 0.717) is 11.8 Å². The van der Waals surface area contributed by atoms with E-state index in [1.165, 1.54) is 19.3 Å². The molecule has 2 saturated carbocycles. The summed E-state index contributed by atoms with van der Waals surface area (Å²) in [6.07, 6.45) is 5.67. The van der Waals surface area contributed by atoms with Crippen LogP contribution in [0.1, 0.15) is 59.8 Å². The molecule has 0 spiro atoms. The third-order valence-electron chi connectivity index (χ3n) is 5.47. The van der Waals surface area contributed by atoms with E-state index in [0.717, 1.165) is 18.8 Å². The fraction of sp³-hybridized carbons (Fsp3) is 0.938. The van der Waals surface area contributed by atoms with Gasteiger partial charge in [0, 0.05) is 0 Å². The average Bonchev–Trinajstić information content (AvgIpc) is 2.98. The zero-order chi connectivity index (χ0) is 14.3. The van der Waals surface area contributed by atoms with Gasteiger partial charge in [-0.2, -0.15) is 0 Å². The molecule has 3 nitrogen and oxygen atoms in total. The topological polar surface area (TPSA) is 46.5 Å². The van der Waals surface area contributed by atoms with Crippen LogP contribution in [0, 0.1) is 23.2 Å². The molecule has 1 N–H and O–H groups in total. The molecule has 0 heterocycles. The smallest absolute Gasteiger partial charge is 0.311 e. The van der Waals surface area contributed by atoms with E-state index in [-0.39, 0.29) is 12.6 Å². The minimum atomic E-state index is -0.862. The molecule has 0 aromatic rings. The summed E-state index contributed by atoms with van der Waals surface area (Å²) >= 11 is 0. The second kappa shape index (κ2) is 5.08. The van der Waals surface area contributed by atoms with Crippen molar-refractivity contribution in [3.8, 4) is 0 Å². The highest BCUT2D eigenvalue weighted by atomic mass is 16.5. The van der Waals surface area contributed by atoms with Gasteiger partial charge in [-0.1, -0.05) is 13.3 Å². The molecular weight excluding hydrogens is 240 g/mol. The standard InChI is InChI=1S/C16H28O3/c1-5-15(2,3)14(17)19-10-16(4,18)13-9-11-6-7-12(13)8-11/h11-13,18H,5-10H2,1-4H3. The molecule has 2 aliphatic carbocycles. The van der Waals surface area contributed by atoms with Gasteiger partial charge in [-0.05, 0) is 64.2 Å². The molecular formula is C16H28O3. The first kappa shape index (κ1) is 14.8. The molecule has 0 aromatic carbocycles. The van der Waals surface area contributed by atoms with Crippen molar-refractivity contribution in [2.75, 3.05) is 6.61 Å². The minimum Gasteiger partial charge on any atom is -0.462 e. The Kier molecular flexibility index (Phi) is 3.97. The Hall–Kier alpha value is -0.570. The van der Waals surface area contributed by atoms with Gasteiger partial charge in [-0.3, -0.25) is 4.79 Å². The van der Waals surface area contributed by atoms with Crippen molar-refractivity contribution in [2.24, 2.45) is 23.2 Å². The van der Waals surface area contributed by atoms with Crippen LogP contribution in [-0.4, -0.2) is 23.3 Å². The quantitative estimate of drug-likeness (QED) is 0.779. The average molecular weight is 268 g/mol. The van der Waals surface area contributed by atoms with Crippen molar-refractivity contribution < 1.29 is 14.6 Å². The molecule has 0 saturated heterocycles. The van der Waals surface area contributed by atoms with Crippen molar-refractivity contribution in [2.45, 2.75) is 65.4 Å². The van der Waals surface area contributed by atoms with Crippen LogP contribution in [0.2, 0.25) is 0 Å². The minimum absolute atomic E-state index is 0.142. The Morgan fingerprint density at radius 1 is 1.26 bits per heavy atom. The molecule has 4 atom stereocenters. The first-order chi connectivity index (χ1) is 8.76. The zero-order valence-corrected chi connectivity index (χ0v) is 12.7. The van der Waals surface area contributed by atoms with Crippen LogP contribution in [0.3, 0.4) is 0 Å². The van der Waals surface area contributed by atoms with Crippen LogP contribution in [0.25, 0.3) is 0 Å². The highest BCUT2D eigenvalue weighted by Crippen LogP contribution is 2.52. The summed E-state index contributed by atoms with van der Waals surface area (Å²) in [5.41, 5.74) is -1.32. The highest BCUT2D eigenvalue weighted by molar-refractivity contribution is 5.75. The number of hydrogen-bond acceptors (Lipinski definition) is 3. The number of fused-ring (bicyclic) bond motifs is 2. The lowest BCUT2D eigenvalue weighted by Crippen LogP contribution is -2.43. The molecule has 0 aliphatic heterocycles. The summed E-state index contributed by atoms with van der Waals surface area (Å²) in [4.78, 5) is 12.0. The van der Waals surface area contributed by atoms with Gasteiger partial charge >= 0.3 is 5.97 Å². The second-order valence-corrected chi connectivity index (χ2v) is 7.45. The number of ether oxygens (including phenoxy) is 1. The van der Waals surface area contributed by atoms with Crippen molar-refractivity contribution in [3.63, 3.8) is 0 Å². The zero-order valence-electron chi connectivity index (χ0n) is 12.7. The summed E-state index contributed by atoms with van der Waals surface area (Å²) in [5, 5.41) is 10.6. The number of aliphatic hydroxyl groups is 1. The number of rotatable bonds is 5. The van der Waals surface area contributed by atoms with Gasteiger partial charge in [-0.25, -0.2) is 0 Å². The van der Waals surface area contributed by atoms with Gasteiger partial charge in [-0.15, -0.1) is 0 Å². The van der Waals surface area contributed by atoms with E-state index in [1.807, 2.05) is 27.7 Å². The fourth-order valence-electron chi connectivity index (χ4n) is 3.66. The van der Waals surface area contributed by atoms with Crippen LogP contribution in [0.5, 0.6) is 0 Å². The van der Waals surface area contributed by atoms with Crippen molar-refractivity contribution in [1.82, 2.24) is 0 Å². The van der Waals surface area contributed by atoms with Crippen molar-refractivity contribution >= 4 is 5.97 Å². The largest absolute Gasteiger partial charge is 0.462 e. The van der Waals surface area contributed by atoms with Crippen LogP contribution in [0.15, 0.2) is 0 Å². The molecule has 0 amide bonds. The Morgan fingerprint density at radius 3 is 2.42 bits per heavy atom. The number of esters is 1. The van der Waals surface area contributed by atoms with Crippen molar-refractivity contribution in [3.05, 3.63) is 0 Å². The summed E-state index contributed by atoms with van der Waals surface area (Å²) in [6, 6.07) is 0. The van der Waals surface area contributed by atoms with E-state index in [2.05, 4.69) is 0 Å². The number of carbonyl (C=O) groups is 1. The number of carbonyl (C=O) groups excluding carboxylic acids is 1. The molecule has 2 bridgehead atoms. The maximum Gasteiger partial charge on any atom is 0.311 e. The highest BCUT2D eigenvalue weighted by Gasteiger charge is 2.48. The summed E-state index contributed by atoms with van der Waals surface area (Å²) in [6.45, 7) is 7.74. The summed E-state index contributed by atoms with van der Waals surface area (Å²) < 4.78 is 5.39. The Morgan fingerprint density at radius 2 is 1.95 bits per heavy atom. The molecule has 19 heavy (non-hydrogen) atoms. The first-order valence-electron chi connectivity index (χ1n) is 7.66. The second-order valence-electron chi connectivity index (χ2n) is 7.45. The van der Waals surface area contributed by atoms with Gasteiger partial charge in [0.25, 0.3) is 0 Å². The van der Waals surface area contributed by atoms with E-state index in [4.69, 9.17) is 4.74 Å². The van der Waals surface area contributed by atoms with Gasteiger partial charge in [0.1, 0.15) is 6.61 Å². The summed E-state index contributed by atoms with van der Waals surface area (Å²) in [5.74, 6) is 1.55. The fourth-order valence-corrected chi connectivity index (χ4v) is 3.66. The summed E-state index contributed by atoms with van der Waals surface area (Å²) in [7, 11) is 0. The maximum absolute atomic E-state index is 12.0. The van der Waals surface area contributed by atoms with Crippen molar-refractivity contribution in [1.29, 1.82) is 0 Å². The van der Waals surface area contributed by atoms with Crippen LogP contribution >= 0.6 is 0 Å². The van der Waals surface area contributed by atoms with Gasteiger partial charge < -0.3 is 9.84 Å². The van der Waals surface area contributed by atoms with E-state index >= 15 is 0 Å². The Balaban J connectivity index is 1.89. The molecule has 2 aliphatic rings. The lowest BCUT2D eigenvalue weighted by Gasteiger charge is -2.36. The lowest BCUT2D eigenvalue weighted by atomic mass is 9.77. The maximum atomic E-state index is 12.0. The van der Waals surface area contributed by atoms with E-state index in [9.17, 15) is 9.90 Å². The van der Waals surface area contributed by atoms with Crippen LogP contribution in [0.4, 0.5) is 0 Å². The monoisotopic (exact) mass is 268 g/mol. The Bertz CT molecular complexity index is 346. The van der Waals surface area contributed by atoms with E-state index < -0.39 is 11.0 Å². The first-order valence-corrected chi connectivity index (χ1v) is 7.66.